The molecule has 0 radical (unpaired) electrons. The number of hydrogen-bond donors (Lipinski definition) is 3. The van der Waals surface area contributed by atoms with Gasteiger partial charge in [-0.05, 0) is 50.1 Å². The van der Waals surface area contributed by atoms with Crippen LogP contribution in [0, 0.1) is 5.92 Å². The van der Waals surface area contributed by atoms with E-state index in [2.05, 4.69) is 20.9 Å². The number of likely N-dealkylation sites (N-methyl/N-ethyl adjacent to an activating group) is 1. The zero-order valence-electron chi connectivity index (χ0n) is 18.5. The van der Waals surface area contributed by atoms with Crippen molar-refractivity contribution in [1.29, 1.82) is 0 Å². The van der Waals surface area contributed by atoms with Crippen LogP contribution >= 0.6 is 12.4 Å². The maximum Gasteiger partial charge on any atom is 0.251 e. The summed E-state index contributed by atoms with van der Waals surface area (Å²) in [6.45, 7) is 6.26. The summed E-state index contributed by atoms with van der Waals surface area (Å²) < 4.78 is 0. The molecule has 2 amide bonds. The van der Waals surface area contributed by atoms with Crippen LogP contribution < -0.4 is 20.9 Å². The minimum Gasteiger partial charge on any atom is -0.383 e. The third-order valence-electron chi connectivity index (χ3n) is 5.53. The number of anilines is 2. The van der Waals surface area contributed by atoms with Gasteiger partial charge >= 0.3 is 0 Å². The fraction of sp³-hybridized carbons (Fsp3) is 0.435. The summed E-state index contributed by atoms with van der Waals surface area (Å²) in [5, 5.41) is 9.27. The monoisotopic (exact) mass is 445 g/mol. The van der Waals surface area contributed by atoms with Crippen LogP contribution in [0.4, 0.5) is 11.5 Å². The van der Waals surface area contributed by atoms with E-state index in [1.54, 1.807) is 25.1 Å². The van der Waals surface area contributed by atoms with Gasteiger partial charge in [-0.2, -0.15) is 0 Å². The quantitative estimate of drug-likeness (QED) is 0.581. The van der Waals surface area contributed by atoms with E-state index in [1.165, 1.54) is 0 Å². The number of carbonyl (C=O) groups is 2. The van der Waals surface area contributed by atoms with Crippen molar-refractivity contribution in [2.24, 2.45) is 5.92 Å². The molecule has 0 aliphatic carbocycles. The number of halogens is 1. The molecule has 2 aromatic rings. The summed E-state index contributed by atoms with van der Waals surface area (Å²) >= 11 is 0. The highest BCUT2D eigenvalue weighted by Gasteiger charge is 2.39. The lowest BCUT2D eigenvalue weighted by Gasteiger charge is -2.31. The average molecular weight is 446 g/mol. The van der Waals surface area contributed by atoms with E-state index in [0.717, 1.165) is 17.7 Å². The molecule has 1 aliphatic rings. The smallest absolute Gasteiger partial charge is 0.251 e. The van der Waals surface area contributed by atoms with Crippen molar-refractivity contribution in [2.75, 3.05) is 23.8 Å². The van der Waals surface area contributed by atoms with Crippen molar-refractivity contribution < 1.29 is 9.59 Å². The van der Waals surface area contributed by atoms with E-state index >= 15 is 0 Å². The van der Waals surface area contributed by atoms with Crippen LogP contribution in [-0.2, 0) is 16.0 Å². The Morgan fingerprint density at radius 1 is 1.13 bits per heavy atom. The fourth-order valence-corrected chi connectivity index (χ4v) is 3.64. The summed E-state index contributed by atoms with van der Waals surface area (Å²) in [6.07, 6.45) is 2.43. The lowest BCUT2D eigenvalue weighted by molar-refractivity contribution is -0.129. The maximum absolute atomic E-state index is 13.6. The van der Waals surface area contributed by atoms with Crippen LogP contribution in [0.5, 0.6) is 0 Å². The second kappa shape index (κ2) is 11.1. The van der Waals surface area contributed by atoms with Gasteiger partial charge in [-0.1, -0.05) is 38.1 Å². The molecule has 0 fully saturated rings. The number of fused-ring (bicyclic) bond motifs is 1. The summed E-state index contributed by atoms with van der Waals surface area (Å²) in [5.74, 6) is 0.313. The predicted octanol–water partition coefficient (Wildman–Crippen LogP) is 2.62. The van der Waals surface area contributed by atoms with E-state index < -0.39 is 6.04 Å². The average Bonchev–Trinajstić information content (AvgIpc) is 3.13. The number of carbonyl (C=O) groups excluding carboxylic acids is 2. The molecule has 1 aliphatic heterocycles. The predicted molar refractivity (Wildman–Crippen MR) is 127 cm³/mol. The first-order chi connectivity index (χ1) is 14.4. The zero-order valence-corrected chi connectivity index (χ0v) is 19.3. The highest BCUT2D eigenvalue weighted by molar-refractivity contribution is 6.01. The van der Waals surface area contributed by atoms with Crippen molar-refractivity contribution in [2.45, 2.75) is 45.3 Å². The summed E-state index contributed by atoms with van der Waals surface area (Å²) in [4.78, 5) is 32.4. The number of amides is 2. The van der Waals surface area contributed by atoms with Crippen molar-refractivity contribution in [3.8, 4) is 0 Å². The first-order valence-electron chi connectivity index (χ1n) is 10.5. The highest BCUT2D eigenvalue weighted by atomic mass is 35.5. The van der Waals surface area contributed by atoms with Crippen LogP contribution in [-0.4, -0.2) is 48.5 Å². The lowest BCUT2D eigenvalue weighted by Crippen LogP contribution is -2.57. The summed E-state index contributed by atoms with van der Waals surface area (Å²) in [5.41, 5.74) is 2.05. The maximum atomic E-state index is 13.6. The Morgan fingerprint density at radius 3 is 2.48 bits per heavy atom. The second-order valence-corrected chi connectivity index (χ2v) is 8.04. The van der Waals surface area contributed by atoms with Crippen molar-refractivity contribution in [3.05, 3.63) is 54.2 Å². The Hall–Kier alpha value is -2.64. The number of benzene rings is 1. The Morgan fingerprint density at radius 2 is 1.84 bits per heavy atom. The van der Waals surface area contributed by atoms with Gasteiger partial charge in [0.2, 0.25) is 5.91 Å². The molecule has 8 heteroatoms. The SMILES string of the molecule is CN[C@@H](C)C(=O)N[C@H](C(=O)N1c2ncccc2C[C@H]1CNc1ccccc1)C(C)C.Cl. The molecule has 0 unspecified atom stereocenters. The number of nitrogens with zero attached hydrogens (tertiary/aromatic N) is 2. The van der Waals surface area contributed by atoms with Gasteiger partial charge in [0, 0.05) is 18.4 Å². The first kappa shape index (κ1) is 24.6. The van der Waals surface area contributed by atoms with Gasteiger partial charge in [-0.25, -0.2) is 4.98 Å². The topological polar surface area (TPSA) is 86.4 Å². The standard InChI is InChI=1S/C23H31N5O2.ClH/c1-15(2)20(27-22(29)16(3)24-4)23(30)28-19(13-17-9-8-12-25-21(17)28)14-26-18-10-6-5-7-11-18;/h5-12,15-16,19-20,24,26H,13-14H2,1-4H3,(H,27,29);1H/t16-,19-,20-;/m0./s1. The molecule has 168 valence electrons. The Labute approximate surface area is 190 Å². The second-order valence-electron chi connectivity index (χ2n) is 8.04. The molecule has 7 nitrogen and oxygen atoms in total. The van der Waals surface area contributed by atoms with Crippen molar-refractivity contribution in [3.63, 3.8) is 0 Å². The van der Waals surface area contributed by atoms with Gasteiger partial charge in [0.15, 0.2) is 0 Å². The molecule has 2 heterocycles. The van der Waals surface area contributed by atoms with Gasteiger partial charge < -0.3 is 16.0 Å². The van der Waals surface area contributed by atoms with Crippen LogP contribution in [0.1, 0.15) is 26.3 Å². The summed E-state index contributed by atoms with van der Waals surface area (Å²) in [6, 6.07) is 12.8. The van der Waals surface area contributed by atoms with Crippen molar-refractivity contribution >= 4 is 35.7 Å². The Kier molecular flexibility index (Phi) is 8.83. The molecule has 1 aromatic heterocycles. The third-order valence-corrected chi connectivity index (χ3v) is 5.53. The molecule has 3 atom stereocenters. The van der Waals surface area contributed by atoms with Crippen molar-refractivity contribution in [1.82, 2.24) is 15.6 Å². The Bertz CT molecular complexity index is 877. The van der Waals surface area contributed by atoms with Crippen LogP contribution in [0.25, 0.3) is 0 Å². The Balaban J connectivity index is 0.00000341. The molecular weight excluding hydrogens is 414 g/mol. The fourth-order valence-electron chi connectivity index (χ4n) is 3.64. The molecular formula is C23H32ClN5O2. The molecule has 1 aromatic carbocycles. The lowest BCUT2D eigenvalue weighted by atomic mass is 10.0. The number of pyridine rings is 1. The van der Waals surface area contributed by atoms with Crippen LogP contribution in [0.2, 0.25) is 0 Å². The van der Waals surface area contributed by atoms with E-state index in [0.29, 0.717) is 12.4 Å². The highest BCUT2D eigenvalue weighted by Crippen LogP contribution is 2.31. The zero-order chi connectivity index (χ0) is 21.7. The van der Waals surface area contributed by atoms with Crippen LogP contribution in [0.15, 0.2) is 48.7 Å². The van der Waals surface area contributed by atoms with Gasteiger partial charge in [-0.15, -0.1) is 12.4 Å². The van der Waals surface area contributed by atoms with E-state index in [-0.39, 0.29) is 42.2 Å². The van der Waals surface area contributed by atoms with Gasteiger partial charge in [0.1, 0.15) is 11.9 Å². The molecule has 0 spiro atoms. The first-order valence-corrected chi connectivity index (χ1v) is 10.5. The third kappa shape index (κ3) is 5.74. The molecule has 3 rings (SSSR count). The molecule has 0 saturated carbocycles. The van der Waals surface area contributed by atoms with E-state index in [4.69, 9.17) is 0 Å². The molecule has 3 N–H and O–H groups in total. The minimum absolute atomic E-state index is 0. The van der Waals surface area contributed by atoms with E-state index in [1.807, 2.05) is 56.3 Å². The van der Waals surface area contributed by atoms with Gasteiger partial charge in [-0.3, -0.25) is 14.5 Å². The van der Waals surface area contributed by atoms with E-state index in [9.17, 15) is 9.59 Å². The number of aromatic nitrogens is 1. The number of para-hydroxylation sites is 1. The normalized spacial score (nSPS) is 16.8. The minimum atomic E-state index is -0.625. The largest absolute Gasteiger partial charge is 0.383 e. The number of nitrogens with one attached hydrogen (secondary N) is 3. The number of rotatable bonds is 8. The number of hydrogen-bond acceptors (Lipinski definition) is 5. The molecule has 0 saturated heterocycles. The molecule has 31 heavy (non-hydrogen) atoms. The molecule has 0 bridgehead atoms. The van der Waals surface area contributed by atoms with Gasteiger partial charge in [0.25, 0.3) is 5.91 Å². The van der Waals surface area contributed by atoms with Gasteiger partial charge in [0.05, 0.1) is 12.1 Å². The van der Waals surface area contributed by atoms with Crippen LogP contribution in [0.3, 0.4) is 0 Å². The summed E-state index contributed by atoms with van der Waals surface area (Å²) in [7, 11) is 1.72.